The van der Waals surface area contributed by atoms with Crippen LogP contribution in [0.25, 0.3) is 10.9 Å². The van der Waals surface area contributed by atoms with Crippen molar-refractivity contribution in [1.29, 1.82) is 0 Å². The summed E-state index contributed by atoms with van der Waals surface area (Å²) in [6, 6.07) is 17.5. The molecule has 186 valence electrons. The van der Waals surface area contributed by atoms with E-state index in [0.717, 1.165) is 46.5 Å². The Balaban J connectivity index is 1.48. The summed E-state index contributed by atoms with van der Waals surface area (Å²) in [6.45, 7) is 6.28. The third kappa shape index (κ3) is 6.68. The molecule has 0 aliphatic rings. The minimum atomic E-state index is -0.305. The van der Waals surface area contributed by atoms with E-state index in [-0.39, 0.29) is 12.4 Å². The van der Waals surface area contributed by atoms with Crippen LogP contribution in [0.5, 0.6) is 5.75 Å². The second kappa shape index (κ2) is 12.3. The second-order valence-electron chi connectivity index (χ2n) is 8.01. The number of benzene rings is 3. The molecule has 0 amide bonds. The summed E-state index contributed by atoms with van der Waals surface area (Å²) in [5, 5.41) is 12.0. The van der Waals surface area contributed by atoms with Crippen molar-refractivity contribution in [3.8, 4) is 5.75 Å². The molecule has 0 spiro atoms. The van der Waals surface area contributed by atoms with Gasteiger partial charge in [0, 0.05) is 17.6 Å². The molecule has 1 heterocycles. The molecule has 0 saturated carbocycles. The molecule has 0 bridgehead atoms. The maximum Gasteiger partial charge on any atom is 0.141 e. The third-order valence-corrected chi connectivity index (χ3v) is 5.65. The lowest BCUT2D eigenvalue weighted by Crippen LogP contribution is -2.18. The van der Waals surface area contributed by atoms with Crippen molar-refractivity contribution in [2.24, 2.45) is 5.16 Å². The van der Waals surface area contributed by atoms with Gasteiger partial charge in [0.05, 0.1) is 16.3 Å². The molecule has 1 aromatic heterocycles. The number of anilines is 2. The molecule has 2 N–H and O–H groups in total. The molecule has 4 aromatic rings. The van der Waals surface area contributed by atoms with Crippen LogP contribution in [0.2, 0.25) is 5.02 Å². The summed E-state index contributed by atoms with van der Waals surface area (Å²) in [4.78, 5) is 14.2. The van der Waals surface area contributed by atoms with Crippen molar-refractivity contribution in [3.05, 3.63) is 89.0 Å². The van der Waals surface area contributed by atoms with Crippen LogP contribution in [0.15, 0.2) is 72.1 Å². The monoisotopic (exact) mass is 507 g/mol. The molecule has 0 radical (unpaired) electrons. The molecule has 0 atom stereocenters. The van der Waals surface area contributed by atoms with Crippen LogP contribution in [0, 0.1) is 5.82 Å². The minimum Gasteiger partial charge on any atom is -0.487 e. The molecular weight excluding hydrogens is 481 g/mol. The predicted molar refractivity (Wildman–Crippen MR) is 142 cm³/mol. The van der Waals surface area contributed by atoms with Crippen LogP contribution < -0.4 is 15.4 Å². The maximum absolute atomic E-state index is 13.4. The summed E-state index contributed by atoms with van der Waals surface area (Å²) in [6.07, 6.45) is 1.51. The smallest absolute Gasteiger partial charge is 0.141 e. The normalized spacial score (nSPS) is 11.5. The van der Waals surface area contributed by atoms with Crippen molar-refractivity contribution in [3.63, 3.8) is 0 Å². The number of hydrogen-bond donors (Lipinski definition) is 2. The van der Waals surface area contributed by atoms with Crippen LogP contribution in [0.3, 0.4) is 0 Å². The Labute approximate surface area is 214 Å². The summed E-state index contributed by atoms with van der Waals surface area (Å²) in [7, 11) is 0. The first kappa shape index (κ1) is 25.3. The van der Waals surface area contributed by atoms with E-state index in [1.54, 1.807) is 24.3 Å². The molecule has 0 fully saturated rings. The Morgan fingerprint density at radius 1 is 1.08 bits per heavy atom. The number of likely N-dealkylation sites (N-methyl/N-ethyl adjacent to an activating group) is 1. The summed E-state index contributed by atoms with van der Waals surface area (Å²) >= 11 is 6.45. The fraction of sp³-hybridized carbons (Fsp3) is 0.222. The SMILES string of the molecule is CCNCCO/N=C(\C)c1ccc2ncnc(Nc3ccc(OCc4cccc(F)c4)c(Cl)c3)c2c1. The highest BCUT2D eigenvalue weighted by Crippen LogP contribution is 2.31. The van der Waals surface area contributed by atoms with Gasteiger partial charge in [-0.05, 0) is 67.1 Å². The lowest BCUT2D eigenvalue weighted by Gasteiger charge is -2.12. The quantitative estimate of drug-likeness (QED) is 0.145. The second-order valence-corrected chi connectivity index (χ2v) is 8.41. The molecular formula is C27H27ClFN5O2. The van der Waals surface area contributed by atoms with Gasteiger partial charge in [-0.25, -0.2) is 14.4 Å². The first-order chi connectivity index (χ1) is 17.5. The van der Waals surface area contributed by atoms with Gasteiger partial charge in [-0.15, -0.1) is 0 Å². The van der Waals surface area contributed by atoms with Gasteiger partial charge in [0.1, 0.15) is 36.9 Å². The van der Waals surface area contributed by atoms with E-state index in [2.05, 4.69) is 25.8 Å². The van der Waals surface area contributed by atoms with Crippen molar-refractivity contribution in [1.82, 2.24) is 15.3 Å². The van der Waals surface area contributed by atoms with E-state index >= 15 is 0 Å². The van der Waals surface area contributed by atoms with Crippen molar-refractivity contribution < 1.29 is 14.0 Å². The van der Waals surface area contributed by atoms with Crippen molar-refractivity contribution >= 4 is 39.7 Å². The standard InChI is InChI=1S/C27H27ClFN5O2/c1-3-30-11-12-36-34-18(2)20-7-9-25-23(14-20)27(32-17-31-25)33-22-8-10-26(24(28)15-22)35-16-19-5-4-6-21(29)13-19/h4-10,13-15,17,30H,3,11-12,16H2,1-2H3,(H,31,32,33)/b34-18+. The van der Waals surface area contributed by atoms with Gasteiger partial charge >= 0.3 is 0 Å². The number of nitrogens with one attached hydrogen (secondary N) is 2. The Morgan fingerprint density at radius 2 is 1.97 bits per heavy atom. The average molecular weight is 508 g/mol. The molecule has 3 aromatic carbocycles. The van der Waals surface area contributed by atoms with Gasteiger partial charge in [0.25, 0.3) is 0 Å². The van der Waals surface area contributed by atoms with Crippen molar-refractivity contribution in [2.75, 3.05) is 25.0 Å². The third-order valence-electron chi connectivity index (χ3n) is 5.35. The maximum atomic E-state index is 13.4. The van der Waals surface area contributed by atoms with Crippen LogP contribution >= 0.6 is 11.6 Å². The first-order valence-electron chi connectivity index (χ1n) is 11.6. The van der Waals surface area contributed by atoms with E-state index < -0.39 is 0 Å². The van der Waals surface area contributed by atoms with Gasteiger partial charge < -0.3 is 20.2 Å². The number of rotatable bonds is 11. The number of oxime groups is 1. The zero-order valence-electron chi connectivity index (χ0n) is 20.1. The highest BCUT2D eigenvalue weighted by molar-refractivity contribution is 6.32. The van der Waals surface area contributed by atoms with Gasteiger partial charge in [-0.2, -0.15) is 0 Å². The number of aromatic nitrogens is 2. The highest BCUT2D eigenvalue weighted by atomic mass is 35.5. The molecule has 4 rings (SSSR count). The van der Waals surface area contributed by atoms with E-state index in [1.807, 2.05) is 38.1 Å². The minimum absolute atomic E-state index is 0.212. The van der Waals surface area contributed by atoms with E-state index in [4.69, 9.17) is 21.2 Å². The highest BCUT2D eigenvalue weighted by Gasteiger charge is 2.10. The molecule has 0 saturated heterocycles. The Kier molecular flexibility index (Phi) is 8.65. The van der Waals surface area contributed by atoms with Gasteiger partial charge in [-0.1, -0.05) is 41.9 Å². The number of halogens is 2. The Bertz CT molecular complexity index is 1370. The van der Waals surface area contributed by atoms with E-state index in [0.29, 0.717) is 23.2 Å². The first-order valence-corrected chi connectivity index (χ1v) is 12.0. The number of ether oxygens (including phenoxy) is 1. The number of hydrogen-bond acceptors (Lipinski definition) is 7. The van der Waals surface area contributed by atoms with Gasteiger partial charge in [0.15, 0.2) is 0 Å². The average Bonchev–Trinajstić information content (AvgIpc) is 2.88. The lowest BCUT2D eigenvalue weighted by atomic mass is 10.1. The molecule has 0 aliphatic carbocycles. The summed E-state index contributed by atoms with van der Waals surface area (Å²) in [5.74, 6) is 0.828. The van der Waals surface area contributed by atoms with E-state index in [1.165, 1.54) is 18.5 Å². The lowest BCUT2D eigenvalue weighted by molar-refractivity contribution is 0.146. The zero-order chi connectivity index (χ0) is 25.3. The molecule has 7 nitrogen and oxygen atoms in total. The predicted octanol–water partition coefficient (Wildman–Crippen LogP) is 6.10. The summed E-state index contributed by atoms with van der Waals surface area (Å²) in [5.41, 5.74) is 3.91. The number of fused-ring (bicyclic) bond motifs is 1. The fourth-order valence-corrected chi connectivity index (χ4v) is 3.73. The molecule has 36 heavy (non-hydrogen) atoms. The largest absolute Gasteiger partial charge is 0.487 e. The fourth-order valence-electron chi connectivity index (χ4n) is 3.49. The zero-order valence-corrected chi connectivity index (χ0v) is 20.8. The molecule has 0 aliphatic heterocycles. The number of nitrogens with zero attached hydrogens (tertiary/aromatic N) is 3. The van der Waals surface area contributed by atoms with Crippen LogP contribution in [0.1, 0.15) is 25.0 Å². The topological polar surface area (TPSA) is 80.7 Å². The van der Waals surface area contributed by atoms with Crippen LogP contribution in [-0.2, 0) is 11.4 Å². The van der Waals surface area contributed by atoms with Crippen LogP contribution in [0.4, 0.5) is 15.9 Å². The van der Waals surface area contributed by atoms with E-state index in [9.17, 15) is 4.39 Å². The van der Waals surface area contributed by atoms with Gasteiger partial charge in [-0.3, -0.25) is 0 Å². The Hall–Kier alpha value is -3.75. The van der Waals surface area contributed by atoms with Crippen molar-refractivity contribution in [2.45, 2.75) is 20.5 Å². The molecule has 9 heteroatoms. The summed E-state index contributed by atoms with van der Waals surface area (Å²) < 4.78 is 19.2. The Morgan fingerprint density at radius 3 is 2.78 bits per heavy atom. The van der Waals surface area contributed by atoms with Crippen LogP contribution in [-0.4, -0.2) is 35.4 Å². The molecule has 0 unspecified atom stereocenters. The van der Waals surface area contributed by atoms with Gasteiger partial charge in [0.2, 0.25) is 0 Å².